The highest BCUT2D eigenvalue weighted by molar-refractivity contribution is 5.76. The lowest BCUT2D eigenvalue weighted by molar-refractivity contribution is -0.122. The van der Waals surface area contributed by atoms with E-state index in [1.54, 1.807) is 6.20 Å². The summed E-state index contributed by atoms with van der Waals surface area (Å²) in [6.07, 6.45) is 10.5. The van der Waals surface area contributed by atoms with Gasteiger partial charge in [0.15, 0.2) is 0 Å². The van der Waals surface area contributed by atoms with Gasteiger partial charge in [-0.15, -0.1) is 0 Å². The molecule has 1 aromatic heterocycles. The van der Waals surface area contributed by atoms with Crippen molar-refractivity contribution < 1.29 is 4.79 Å². The van der Waals surface area contributed by atoms with Crippen LogP contribution in [0.1, 0.15) is 52.0 Å². The largest absolute Gasteiger partial charge is 0.351 e. The van der Waals surface area contributed by atoms with Crippen LogP contribution in [0.2, 0.25) is 0 Å². The minimum atomic E-state index is 0.174. The quantitative estimate of drug-likeness (QED) is 0.749. The van der Waals surface area contributed by atoms with Gasteiger partial charge in [0, 0.05) is 30.9 Å². The van der Waals surface area contributed by atoms with Gasteiger partial charge in [-0.1, -0.05) is 13.8 Å². The van der Waals surface area contributed by atoms with Crippen molar-refractivity contribution in [2.24, 2.45) is 0 Å². The van der Waals surface area contributed by atoms with Gasteiger partial charge in [-0.2, -0.15) is 0 Å². The van der Waals surface area contributed by atoms with Gasteiger partial charge in [0.05, 0.1) is 12.4 Å². The Labute approximate surface area is 121 Å². The lowest BCUT2D eigenvalue weighted by Crippen LogP contribution is -2.38. The first-order valence-corrected chi connectivity index (χ1v) is 7.67. The molecular weight excluding hydrogens is 252 g/mol. The highest BCUT2D eigenvalue weighted by Crippen LogP contribution is 2.29. The summed E-state index contributed by atoms with van der Waals surface area (Å²) in [6.45, 7) is 5.14. The van der Waals surface area contributed by atoms with Crippen LogP contribution in [0.4, 0.5) is 0 Å². The summed E-state index contributed by atoms with van der Waals surface area (Å²) in [5, 5.41) is 6.52. The van der Waals surface area contributed by atoms with Crippen molar-refractivity contribution in [1.82, 2.24) is 20.2 Å². The van der Waals surface area contributed by atoms with E-state index in [0.29, 0.717) is 18.5 Å². The highest BCUT2D eigenvalue weighted by Gasteiger charge is 2.29. The smallest absolute Gasteiger partial charge is 0.220 e. The van der Waals surface area contributed by atoms with Crippen molar-refractivity contribution in [3.63, 3.8) is 0 Å². The van der Waals surface area contributed by atoms with Crippen LogP contribution >= 0.6 is 0 Å². The van der Waals surface area contributed by atoms with Gasteiger partial charge in [0.1, 0.15) is 0 Å². The van der Waals surface area contributed by atoms with E-state index in [2.05, 4.69) is 34.0 Å². The Morgan fingerprint density at radius 1 is 1.45 bits per heavy atom. The molecule has 2 atom stereocenters. The topological polar surface area (TPSA) is 59.0 Å². The molecule has 0 aliphatic heterocycles. The minimum absolute atomic E-state index is 0.174. The number of carbonyl (C=O) groups is 1. The lowest BCUT2D eigenvalue weighted by Gasteiger charge is -2.22. The fourth-order valence-electron chi connectivity index (χ4n) is 2.85. The number of rotatable bonds is 7. The Kier molecular flexibility index (Phi) is 5.59. The molecule has 2 rings (SSSR count). The Bertz CT molecular complexity index is 402. The van der Waals surface area contributed by atoms with E-state index in [1.165, 1.54) is 6.42 Å². The van der Waals surface area contributed by atoms with Gasteiger partial charge in [-0.3, -0.25) is 4.79 Å². The molecule has 5 nitrogen and oxygen atoms in total. The molecule has 1 fully saturated rings. The summed E-state index contributed by atoms with van der Waals surface area (Å²) in [7, 11) is 0. The fourth-order valence-corrected chi connectivity index (χ4v) is 2.85. The van der Waals surface area contributed by atoms with Crippen molar-refractivity contribution >= 4 is 5.91 Å². The molecule has 1 aromatic rings. The third kappa shape index (κ3) is 4.34. The Balaban J connectivity index is 1.73. The molecule has 0 saturated heterocycles. The number of imidazole rings is 1. The van der Waals surface area contributed by atoms with Crippen LogP contribution in [-0.2, 0) is 4.79 Å². The van der Waals surface area contributed by atoms with Crippen LogP contribution in [0, 0.1) is 0 Å². The van der Waals surface area contributed by atoms with E-state index >= 15 is 0 Å². The van der Waals surface area contributed by atoms with E-state index in [0.717, 1.165) is 25.8 Å². The minimum Gasteiger partial charge on any atom is -0.351 e. The predicted molar refractivity (Wildman–Crippen MR) is 79.4 cm³/mol. The van der Waals surface area contributed by atoms with Gasteiger partial charge in [0.2, 0.25) is 5.91 Å². The summed E-state index contributed by atoms with van der Waals surface area (Å²) in [4.78, 5) is 16.1. The summed E-state index contributed by atoms with van der Waals surface area (Å²) >= 11 is 0. The molecule has 1 saturated carbocycles. The summed E-state index contributed by atoms with van der Waals surface area (Å²) in [5.74, 6) is 0.174. The lowest BCUT2D eigenvalue weighted by atomic mass is 10.1. The Morgan fingerprint density at radius 3 is 3.00 bits per heavy atom. The molecule has 0 bridgehead atoms. The second-order valence-corrected chi connectivity index (χ2v) is 5.89. The third-order valence-electron chi connectivity index (χ3n) is 3.87. The highest BCUT2D eigenvalue weighted by atomic mass is 16.1. The van der Waals surface area contributed by atoms with E-state index in [9.17, 15) is 4.79 Å². The van der Waals surface area contributed by atoms with Crippen LogP contribution in [-0.4, -0.2) is 34.1 Å². The summed E-state index contributed by atoms with van der Waals surface area (Å²) in [5.41, 5.74) is 0. The normalized spacial score (nSPS) is 22.4. The van der Waals surface area contributed by atoms with Crippen LogP contribution in [0.15, 0.2) is 18.7 Å². The van der Waals surface area contributed by atoms with Crippen LogP contribution in [0.25, 0.3) is 0 Å². The van der Waals surface area contributed by atoms with E-state index in [4.69, 9.17) is 0 Å². The number of carbonyl (C=O) groups excluding carboxylic acids is 1. The number of nitrogens with one attached hydrogen (secondary N) is 2. The zero-order chi connectivity index (χ0) is 14.4. The monoisotopic (exact) mass is 278 g/mol. The second kappa shape index (κ2) is 7.43. The maximum Gasteiger partial charge on any atom is 0.220 e. The maximum atomic E-state index is 12.0. The summed E-state index contributed by atoms with van der Waals surface area (Å²) in [6, 6.07) is 1.11. The second-order valence-electron chi connectivity index (χ2n) is 5.89. The first-order valence-electron chi connectivity index (χ1n) is 7.67. The summed E-state index contributed by atoms with van der Waals surface area (Å²) < 4.78 is 2.12. The molecule has 1 aliphatic carbocycles. The number of hydrogen-bond acceptors (Lipinski definition) is 3. The average Bonchev–Trinajstić information content (AvgIpc) is 3.04. The van der Waals surface area contributed by atoms with Gasteiger partial charge in [-0.25, -0.2) is 4.98 Å². The molecule has 0 radical (unpaired) electrons. The molecule has 5 heteroatoms. The fraction of sp³-hybridized carbons (Fsp3) is 0.733. The maximum absolute atomic E-state index is 12.0. The molecule has 0 spiro atoms. The number of nitrogens with zero attached hydrogens (tertiary/aromatic N) is 2. The first kappa shape index (κ1) is 15.0. The van der Waals surface area contributed by atoms with Crippen LogP contribution < -0.4 is 10.6 Å². The van der Waals surface area contributed by atoms with Gasteiger partial charge < -0.3 is 15.2 Å². The van der Waals surface area contributed by atoms with Crippen LogP contribution in [0.3, 0.4) is 0 Å². The van der Waals surface area contributed by atoms with E-state index in [-0.39, 0.29) is 11.9 Å². The number of amides is 1. The standard InChI is InChI=1S/C15H26N4O/c1-12(2)17-8-4-7-15(20)18-13-5-3-6-14(13)19-10-9-16-11-19/h9-14,17H,3-8H2,1-2H3,(H,18,20). The average molecular weight is 278 g/mol. The molecule has 1 heterocycles. The van der Waals surface area contributed by atoms with Crippen molar-refractivity contribution in [3.8, 4) is 0 Å². The molecule has 1 aliphatic rings. The number of hydrogen-bond donors (Lipinski definition) is 2. The van der Waals surface area contributed by atoms with E-state index in [1.807, 2.05) is 12.5 Å². The Hall–Kier alpha value is -1.36. The zero-order valence-corrected chi connectivity index (χ0v) is 12.5. The van der Waals surface area contributed by atoms with Crippen LogP contribution in [0.5, 0.6) is 0 Å². The van der Waals surface area contributed by atoms with Gasteiger partial charge in [0.25, 0.3) is 0 Å². The van der Waals surface area contributed by atoms with Crippen molar-refractivity contribution in [3.05, 3.63) is 18.7 Å². The van der Waals surface area contributed by atoms with Crippen molar-refractivity contribution in [1.29, 1.82) is 0 Å². The first-order chi connectivity index (χ1) is 9.66. The number of aromatic nitrogens is 2. The SMILES string of the molecule is CC(C)NCCCC(=O)NC1CCCC1n1ccnc1. The van der Waals surface area contributed by atoms with Crippen molar-refractivity contribution in [2.75, 3.05) is 6.54 Å². The molecule has 2 unspecified atom stereocenters. The molecule has 2 N–H and O–H groups in total. The van der Waals surface area contributed by atoms with Gasteiger partial charge >= 0.3 is 0 Å². The molecular formula is C15H26N4O. The van der Waals surface area contributed by atoms with E-state index < -0.39 is 0 Å². The Morgan fingerprint density at radius 2 is 2.30 bits per heavy atom. The molecule has 112 valence electrons. The van der Waals surface area contributed by atoms with Crippen molar-refractivity contribution in [2.45, 2.75) is 64.1 Å². The molecule has 0 aromatic carbocycles. The third-order valence-corrected chi connectivity index (χ3v) is 3.87. The molecule has 20 heavy (non-hydrogen) atoms. The van der Waals surface area contributed by atoms with Gasteiger partial charge in [-0.05, 0) is 32.2 Å². The zero-order valence-electron chi connectivity index (χ0n) is 12.5. The predicted octanol–water partition coefficient (Wildman–Crippen LogP) is 1.87. The molecule has 1 amide bonds.